The van der Waals surface area contributed by atoms with Crippen molar-refractivity contribution in [1.29, 1.82) is 0 Å². The standard InChI is InChI=1S/C13H15F3N6O/c14-13(15,16)11-18-12(22-21-11)17-10(23)9-6-8(19-20-9)7-4-2-1-3-5-7/h6-7H,1-5H2,(H,19,20)(H2,17,18,21,22,23). The molecule has 3 N–H and O–H groups in total. The zero-order valence-corrected chi connectivity index (χ0v) is 12.1. The van der Waals surface area contributed by atoms with E-state index < -0.39 is 23.9 Å². The van der Waals surface area contributed by atoms with Crippen LogP contribution in [0.2, 0.25) is 0 Å². The Hall–Kier alpha value is -2.39. The fourth-order valence-corrected chi connectivity index (χ4v) is 2.69. The first kappa shape index (κ1) is 15.5. The minimum absolute atomic E-state index is 0.101. The lowest BCUT2D eigenvalue weighted by Crippen LogP contribution is -2.14. The summed E-state index contributed by atoms with van der Waals surface area (Å²) < 4.78 is 37.2. The maximum absolute atomic E-state index is 12.4. The molecule has 0 aliphatic heterocycles. The van der Waals surface area contributed by atoms with Gasteiger partial charge in [-0.25, -0.2) is 0 Å². The van der Waals surface area contributed by atoms with E-state index >= 15 is 0 Å². The van der Waals surface area contributed by atoms with E-state index in [1.54, 1.807) is 11.2 Å². The molecule has 10 heteroatoms. The number of aromatic amines is 2. The molecule has 23 heavy (non-hydrogen) atoms. The van der Waals surface area contributed by atoms with Crippen molar-refractivity contribution in [3.8, 4) is 0 Å². The molecule has 2 heterocycles. The zero-order valence-electron chi connectivity index (χ0n) is 12.1. The van der Waals surface area contributed by atoms with Crippen LogP contribution in [0.5, 0.6) is 0 Å². The molecule has 2 aromatic heterocycles. The van der Waals surface area contributed by atoms with Crippen LogP contribution in [-0.4, -0.2) is 31.3 Å². The number of aromatic nitrogens is 5. The second-order valence-electron chi connectivity index (χ2n) is 5.50. The number of hydrogen-bond acceptors (Lipinski definition) is 4. The summed E-state index contributed by atoms with van der Waals surface area (Å²) >= 11 is 0. The lowest BCUT2D eigenvalue weighted by molar-refractivity contribution is -0.144. The van der Waals surface area contributed by atoms with Gasteiger partial charge in [-0.2, -0.15) is 23.3 Å². The van der Waals surface area contributed by atoms with Gasteiger partial charge >= 0.3 is 6.18 Å². The Kier molecular flexibility index (Phi) is 4.05. The number of hydrogen-bond donors (Lipinski definition) is 3. The molecule has 0 spiro atoms. The van der Waals surface area contributed by atoms with Crippen LogP contribution in [0.15, 0.2) is 6.07 Å². The van der Waals surface area contributed by atoms with Crippen LogP contribution in [-0.2, 0) is 6.18 Å². The molecule has 0 atom stereocenters. The third kappa shape index (κ3) is 3.51. The van der Waals surface area contributed by atoms with Crippen molar-refractivity contribution in [3.05, 3.63) is 23.3 Å². The van der Waals surface area contributed by atoms with Gasteiger partial charge in [-0.1, -0.05) is 19.3 Å². The third-order valence-electron chi connectivity index (χ3n) is 3.85. The number of anilines is 1. The van der Waals surface area contributed by atoms with Crippen molar-refractivity contribution < 1.29 is 18.0 Å². The third-order valence-corrected chi connectivity index (χ3v) is 3.85. The fraction of sp³-hybridized carbons (Fsp3) is 0.538. The molecule has 7 nitrogen and oxygen atoms in total. The summed E-state index contributed by atoms with van der Waals surface area (Å²) in [6, 6.07) is 1.63. The second kappa shape index (κ2) is 6.01. The highest BCUT2D eigenvalue weighted by molar-refractivity contribution is 6.01. The van der Waals surface area contributed by atoms with Crippen molar-refractivity contribution in [1.82, 2.24) is 25.4 Å². The van der Waals surface area contributed by atoms with Crippen LogP contribution in [0.3, 0.4) is 0 Å². The Morgan fingerprint density at radius 2 is 1.91 bits per heavy atom. The van der Waals surface area contributed by atoms with Gasteiger partial charge in [-0.05, 0) is 18.9 Å². The van der Waals surface area contributed by atoms with Gasteiger partial charge in [0, 0.05) is 11.6 Å². The Bertz CT molecular complexity index is 686. The summed E-state index contributed by atoms with van der Waals surface area (Å²) in [5, 5.41) is 14.0. The molecule has 124 valence electrons. The van der Waals surface area contributed by atoms with Gasteiger partial charge in [0.15, 0.2) is 5.69 Å². The van der Waals surface area contributed by atoms with Crippen LogP contribution in [0.4, 0.5) is 19.1 Å². The number of H-pyrrole nitrogens is 2. The molecule has 1 saturated carbocycles. The van der Waals surface area contributed by atoms with E-state index in [-0.39, 0.29) is 5.69 Å². The average Bonchev–Trinajstić information content (AvgIpc) is 3.16. The lowest BCUT2D eigenvalue weighted by Gasteiger charge is -2.19. The molecule has 2 aromatic rings. The summed E-state index contributed by atoms with van der Waals surface area (Å²) in [5.74, 6) is -2.02. The molecular weight excluding hydrogens is 313 g/mol. The Balaban J connectivity index is 1.66. The Labute approximate surface area is 129 Å². The molecule has 0 radical (unpaired) electrons. The van der Waals surface area contributed by atoms with Crippen LogP contribution >= 0.6 is 0 Å². The topological polar surface area (TPSA) is 99.4 Å². The van der Waals surface area contributed by atoms with Gasteiger partial charge in [0.2, 0.25) is 11.8 Å². The first-order valence-corrected chi connectivity index (χ1v) is 7.30. The smallest absolute Gasteiger partial charge is 0.288 e. The molecule has 1 aliphatic carbocycles. The van der Waals surface area contributed by atoms with Crippen molar-refractivity contribution in [2.45, 2.75) is 44.2 Å². The van der Waals surface area contributed by atoms with Crippen molar-refractivity contribution >= 4 is 11.9 Å². The van der Waals surface area contributed by atoms with Crippen LogP contribution < -0.4 is 5.32 Å². The summed E-state index contributed by atoms with van der Waals surface area (Å²) in [6.45, 7) is 0. The molecule has 0 saturated heterocycles. The average molecular weight is 328 g/mol. The Morgan fingerprint density at radius 3 is 2.57 bits per heavy atom. The number of halogens is 3. The number of carbonyl (C=O) groups is 1. The quantitative estimate of drug-likeness (QED) is 0.806. The molecule has 1 fully saturated rings. The van der Waals surface area contributed by atoms with Crippen LogP contribution in [0.25, 0.3) is 0 Å². The monoisotopic (exact) mass is 328 g/mol. The summed E-state index contributed by atoms with van der Waals surface area (Å²) in [5.41, 5.74) is 0.977. The second-order valence-corrected chi connectivity index (χ2v) is 5.50. The highest BCUT2D eigenvalue weighted by atomic mass is 19.4. The molecule has 0 bridgehead atoms. The normalized spacial score (nSPS) is 16.5. The molecule has 0 aromatic carbocycles. The molecule has 1 amide bonds. The first-order valence-electron chi connectivity index (χ1n) is 7.30. The van der Waals surface area contributed by atoms with Crippen LogP contribution in [0, 0.1) is 0 Å². The highest BCUT2D eigenvalue weighted by Crippen LogP contribution is 2.31. The number of nitrogens with one attached hydrogen (secondary N) is 3. The summed E-state index contributed by atoms with van der Waals surface area (Å²) in [7, 11) is 0. The van der Waals surface area contributed by atoms with E-state index in [2.05, 4.69) is 25.6 Å². The minimum atomic E-state index is -4.64. The first-order chi connectivity index (χ1) is 10.9. The van der Waals surface area contributed by atoms with Gasteiger partial charge in [-0.3, -0.25) is 20.3 Å². The number of carbonyl (C=O) groups excluding carboxylic acids is 1. The SMILES string of the molecule is O=C(Nc1n[nH]c(C(F)(F)F)n1)c1cc(C2CCCCC2)[nH]n1. The fourth-order valence-electron chi connectivity index (χ4n) is 2.69. The zero-order chi connectivity index (χ0) is 16.4. The molecular formula is C13H15F3N6O. The van der Waals surface area contributed by atoms with E-state index in [0.29, 0.717) is 5.92 Å². The lowest BCUT2D eigenvalue weighted by atomic mass is 9.87. The van der Waals surface area contributed by atoms with E-state index in [9.17, 15) is 18.0 Å². The maximum atomic E-state index is 12.4. The minimum Gasteiger partial charge on any atom is -0.288 e. The molecule has 1 aliphatic rings. The van der Waals surface area contributed by atoms with Gasteiger partial charge in [0.05, 0.1) is 0 Å². The molecule has 0 unspecified atom stereocenters. The van der Waals surface area contributed by atoms with Crippen molar-refractivity contribution in [2.75, 3.05) is 5.32 Å². The highest BCUT2D eigenvalue weighted by Gasteiger charge is 2.35. The van der Waals surface area contributed by atoms with E-state index in [1.165, 1.54) is 6.42 Å². The van der Waals surface area contributed by atoms with Crippen molar-refractivity contribution in [3.63, 3.8) is 0 Å². The largest absolute Gasteiger partial charge is 0.451 e. The predicted molar refractivity (Wildman–Crippen MR) is 73.8 cm³/mol. The predicted octanol–water partition coefficient (Wildman–Crippen LogP) is 2.85. The maximum Gasteiger partial charge on any atom is 0.451 e. The summed E-state index contributed by atoms with van der Waals surface area (Å²) in [4.78, 5) is 15.2. The van der Waals surface area contributed by atoms with Gasteiger partial charge in [-0.15, -0.1) is 5.10 Å². The van der Waals surface area contributed by atoms with E-state index in [4.69, 9.17) is 0 Å². The summed E-state index contributed by atoms with van der Waals surface area (Å²) in [6.07, 6.45) is 0.935. The number of alkyl halides is 3. The molecule has 3 rings (SSSR count). The van der Waals surface area contributed by atoms with Gasteiger partial charge in [0.25, 0.3) is 5.91 Å². The van der Waals surface area contributed by atoms with Gasteiger partial charge < -0.3 is 0 Å². The number of nitrogens with zero attached hydrogens (tertiary/aromatic N) is 3. The number of rotatable bonds is 3. The Morgan fingerprint density at radius 1 is 1.17 bits per heavy atom. The number of amides is 1. The van der Waals surface area contributed by atoms with E-state index in [0.717, 1.165) is 31.4 Å². The van der Waals surface area contributed by atoms with Gasteiger partial charge in [0.1, 0.15) is 0 Å². The van der Waals surface area contributed by atoms with Crippen LogP contribution in [0.1, 0.15) is 60.0 Å². The van der Waals surface area contributed by atoms with Crippen molar-refractivity contribution in [2.24, 2.45) is 0 Å². The van der Waals surface area contributed by atoms with E-state index in [1.807, 2.05) is 0 Å².